The minimum atomic E-state index is -0.436. The predicted octanol–water partition coefficient (Wildman–Crippen LogP) is 1.76. The average Bonchev–Trinajstić information content (AvgIpc) is 2.49. The van der Waals surface area contributed by atoms with Gasteiger partial charge in [-0.15, -0.1) is 0 Å². The smallest absolute Gasteiger partial charge is 0.0975 e. The number of aromatic nitrogens is 1. The van der Waals surface area contributed by atoms with Crippen LogP contribution in [0.15, 0.2) is 30.3 Å². The molecule has 82 valence electrons. The zero-order valence-corrected chi connectivity index (χ0v) is 8.98. The molecule has 1 aliphatic rings. The number of para-hydroxylation sites is 1. The normalized spacial score (nSPS) is 20.4. The molecule has 1 atom stereocenters. The molecule has 3 rings (SSSR count). The van der Waals surface area contributed by atoms with Crippen molar-refractivity contribution in [2.24, 2.45) is 0 Å². The SMILES string of the molecule is OC1CCNCc2cc3ccccc3nc21. The quantitative estimate of drug-likeness (QED) is 0.702. The van der Waals surface area contributed by atoms with E-state index in [1.165, 1.54) is 0 Å². The van der Waals surface area contributed by atoms with E-state index >= 15 is 0 Å². The van der Waals surface area contributed by atoms with E-state index in [1.54, 1.807) is 0 Å². The highest BCUT2D eigenvalue weighted by Gasteiger charge is 2.17. The van der Waals surface area contributed by atoms with Crippen molar-refractivity contribution in [2.75, 3.05) is 6.54 Å². The number of aliphatic hydroxyl groups is 1. The van der Waals surface area contributed by atoms with Crippen molar-refractivity contribution in [1.82, 2.24) is 10.3 Å². The van der Waals surface area contributed by atoms with Gasteiger partial charge in [0.25, 0.3) is 0 Å². The van der Waals surface area contributed by atoms with Gasteiger partial charge < -0.3 is 10.4 Å². The lowest BCUT2D eigenvalue weighted by Gasteiger charge is -2.11. The Morgan fingerprint density at radius 1 is 1.31 bits per heavy atom. The molecule has 0 aliphatic carbocycles. The standard InChI is InChI=1S/C13H14N2O/c16-12-5-6-14-8-10-7-9-3-1-2-4-11(9)15-13(10)12/h1-4,7,12,14,16H,5-6,8H2. The average molecular weight is 214 g/mol. The van der Waals surface area contributed by atoms with Crippen LogP contribution in [0.25, 0.3) is 10.9 Å². The van der Waals surface area contributed by atoms with Crippen molar-refractivity contribution in [3.8, 4) is 0 Å². The van der Waals surface area contributed by atoms with Gasteiger partial charge in [-0.2, -0.15) is 0 Å². The third-order valence-corrected chi connectivity index (χ3v) is 3.06. The van der Waals surface area contributed by atoms with Gasteiger partial charge in [-0.25, -0.2) is 4.98 Å². The molecule has 3 heteroatoms. The summed E-state index contributed by atoms with van der Waals surface area (Å²) >= 11 is 0. The molecule has 16 heavy (non-hydrogen) atoms. The van der Waals surface area contributed by atoms with Gasteiger partial charge in [0.1, 0.15) is 0 Å². The molecule has 1 aromatic carbocycles. The fraction of sp³-hybridized carbons (Fsp3) is 0.308. The van der Waals surface area contributed by atoms with Gasteiger partial charge in [-0.1, -0.05) is 18.2 Å². The molecule has 2 heterocycles. The van der Waals surface area contributed by atoms with Crippen LogP contribution in [0.1, 0.15) is 23.8 Å². The van der Waals surface area contributed by atoms with Crippen molar-refractivity contribution in [3.63, 3.8) is 0 Å². The molecule has 0 amide bonds. The van der Waals surface area contributed by atoms with E-state index in [0.29, 0.717) is 0 Å². The van der Waals surface area contributed by atoms with Gasteiger partial charge >= 0.3 is 0 Å². The number of rotatable bonds is 0. The summed E-state index contributed by atoms with van der Waals surface area (Å²) in [6.07, 6.45) is 0.299. The topological polar surface area (TPSA) is 45.1 Å². The molecule has 0 saturated carbocycles. The Morgan fingerprint density at radius 3 is 3.12 bits per heavy atom. The Labute approximate surface area is 94.1 Å². The lowest BCUT2D eigenvalue weighted by molar-refractivity contribution is 0.166. The zero-order chi connectivity index (χ0) is 11.0. The summed E-state index contributed by atoms with van der Waals surface area (Å²) in [6, 6.07) is 10.2. The van der Waals surface area contributed by atoms with E-state index < -0.39 is 6.10 Å². The number of hydrogen-bond acceptors (Lipinski definition) is 3. The molecular formula is C13H14N2O. The summed E-state index contributed by atoms with van der Waals surface area (Å²) in [7, 11) is 0. The summed E-state index contributed by atoms with van der Waals surface area (Å²) in [5.74, 6) is 0. The van der Waals surface area contributed by atoms with Crippen LogP contribution >= 0.6 is 0 Å². The molecule has 0 saturated heterocycles. The molecule has 3 nitrogen and oxygen atoms in total. The molecule has 1 aromatic heterocycles. The minimum Gasteiger partial charge on any atom is -0.387 e. The lowest BCUT2D eigenvalue weighted by Crippen LogP contribution is -2.12. The first-order valence-corrected chi connectivity index (χ1v) is 5.62. The Balaban J connectivity index is 2.22. The number of benzene rings is 1. The molecule has 1 aliphatic heterocycles. The van der Waals surface area contributed by atoms with Crippen LogP contribution in [0, 0.1) is 0 Å². The second-order valence-electron chi connectivity index (χ2n) is 4.21. The third-order valence-electron chi connectivity index (χ3n) is 3.06. The molecule has 1 unspecified atom stereocenters. The Kier molecular flexibility index (Phi) is 2.35. The van der Waals surface area contributed by atoms with E-state index in [0.717, 1.165) is 41.7 Å². The fourth-order valence-electron chi connectivity index (χ4n) is 2.20. The zero-order valence-electron chi connectivity index (χ0n) is 8.98. The second-order valence-corrected chi connectivity index (χ2v) is 4.21. The van der Waals surface area contributed by atoms with Crippen LogP contribution in [0.2, 0.25) is 0 Å². The summed E-state index contributed by atoms with van der Waals surface area (Å²) < 4.78 is 0. The van der Waals surface area contributed by atoms with E-state index in [4.69, 9.17) is 0 Å². The van der Waals surface area contributed by atoms with Crippen LogP contribution in [0.5, 0.6) is 0 Å². The maximum atomic E-state index is 10.00. The number of nitrogens with zero attached hydrogens (tertiary/aromatic N) is 1. The van der Waals surface area contributed by atoms with Gasteiger partial charge in [0.15, 0.2) is 0 Å². The Bertz CT molecular complexity index is 524. The molecule has 2 N–H and O–H groups in total. The minimum absolute atomic E-state index is 0.436. The van der Waals surface area contributed by atoms with E-state index in [-0.39, 0.29) is 0 Å². The predicted molar refractivity (Wildman–Crippen MR) is 63.0 cm³/mol. The number of nitrogens with one attached hydrogen (secondary N) is 1. The molecule has 0 fully saturated rings. The third kappa shape index (κ3) is 1.58. The van der Waals surface area contributed by atoms with Crippen molar-refractivity contribution in [3.05, 3.63) is 41.6 Å². The van der Waals surface area contributed by atoms with Crippen LogP contribution < -0.4 is 5.32 Å². The van der Waals surface area contributed by atoms with Crippen molar-refractivity contribution in [1.29, 1.82) is 0 Å². The first-order chi connectivity index (χ1) is 7.84. The van der Waals surface area contributed by atoms with E-state index in [9.17, 15) is 5.11 Å². The second kappa shape index (κ2) is 3.85. The summed E-state index contributed by atoms with van der Waals surface area (Å²) in [5.41, 5.74) is 2.91. The number of hydrogen-bond donors (Lipinski definition) is 2. The Hall–Kier alpha value is -1.45. The van der Waals surface area contributed by atoms with E-state index in [1.807, 2.05) is 18.2 Å². The highest BCUT2D eigenvalue weighted by atomic mass is 16.3. The largest absolute Gasteiger partial charge is 0.387 e. The number of pyridine rings is 1. The highest BCUT2D eigenvalue weighted by Crippen LogP contribution is 2.25. The number of aliphatic hydroxyl groups excluding tert-OH is 1. The van der Waals surface area contributed by atoms with Crippen LogP contribution in [0.3, 0.4) is 0 Å². The van der Waals surface area contributed by atoms with Gasteiger partial charge in [0, 0.05) is 11.9 Å². The highest BCUT2D eigenvalue weighted by molar-refractivity contribution is 5.79. The van der Waals surface area contributed by atoms with Crippen molar-refractivity contribution < 1.29 is 5.11 Å². The maximum Gasteiger partial charge on any atom is 0.0975 e. The van der Waals surface area contributed by atoms with E-state index in [2.05, 4.69) is 22.4 Å². The lowest BCUT2D eigenvalue weighted by atomic mass is 10.1. The van der Waals surface area contributed by atoms with Gasteiger partial charge in [-0.3, -0.25) is 0 Å². The van der Waals surface area contributed by atoms with Gasteiger partial charge in [0.2, 0.25) is 0 Å². The molecule has 0 bridgehead atoms. The molecule has 2 aromatic rings. The number of fused-ring (bicyclic) bond motifs is 2. The molecule has 0 radical (unpaired) electrons. The summed E-state index contributed by atoms with van der Waals surface area (Å²) in [6.45, 7) is 1.64. The molecule has 0 spiro atoms. The van der Waals surface area contributed by atoms with Crippen LogP contribution in [-0.2, 0) is 6.54 Å². The Morgan fingerprint density at radius 2 is 2.19 bits per heavy atom. The maximum absolute atomic E-state index is 10.00. The van der Waals surface area contributed by atoms with Gasteiger partial charge in [0.05, 0.1) is 17.3 Å². The van der Waals surface area contributed by atoms with Crippen LogP contribution in [-0.4, -0.2) is 16.6 Å². The fourth-order valence-corrected chi connectivity index (χ4v) is 2.20. The summed E-state index contributed by atoms with van der Waals surface area (Å²) in [5, 5.41) is 14.4. The van der Waals surface area contributed by atoms with Gasteiger partial charge in [-0.05, 0) is 30.7 Å². The van der Waals surface area contributed by atoms with Crippen LogP contribution in [0.4, 0.5) is 0 Å². The monoisotopic (exact) mass is 214 g/mol. The first kappa shape index (κ1) is 9.75. The summed E-state index contributed by atoms with van der Waals surface area (Å²) in [4.78, 5) is 4.57. The molecular weight excluding hydrogens is 200 g/mol. The van der Waals surface area contributed by atoms with Crippen molar-refractivity contribution >= 4 is 10.9 Å². The van der Waals surface area contributed by atoms with Crippen molar-refractivity contribution in [2.45, 2.75) is 19.1 Å². The first-order valence-electron chi connectivity index (χ1n) is 5.62.